The molecule has 0 radical (unpaired) electrons. The van der Waals surface area contributed by atoms with Gasteiger partial charge >= 0.3 is 5.69 Å². The van der Waals surface area contributed by atoms with Crippen molar-refractivity contribution in [3.63, 3.8) is 0 Å². The van der Waals surface area contributed by atoms with Gasteiger partial charge in [0.1, 0.15) is 12.4 Å². The molecule has 0 saturated heterocycles. The number of hydrogen-bond donors (Lipinski definition) is 0. The topological polar surface area (TPSA) is 52.4 Å². The Kier molecular flexibility index (Phi) is 5.03. The van der Waals surface area contributed by atoms with Gasteiger partial charge in [-0.1, -0.05) is 23.2 Å². The number of hydrogen-bond acceptors (Lipinski definition) is 3. The SMILES string of the molecule is O=[N+]([O-])c1ccc(COc2cc(Cl)c(Br)cc2Cl)cc1F. The van der Waals surface area contributed by atoms with Crippen molar-refractivity contribution in [1.82, 2.24) is 0 Å². The summed E-state index contributed by atoms with van der Waals surface area (Å²) in [5.41, 5.74) is -0.142. The second kappa shape index (κ2) is 6.60. The molecule has 2 aromatic carbocycles. The molecule has 0 spiro atoms. The molecule has 2 aromatic rings. The molecule has 2 rings (SSSR count). The summed E-state index contributed by atoms with van der Waals surface area (Å²) in [6, 6.07) is 6.65. The predicted molar refractivity (Wildman–Crippen MR) is 81.5 cm³/mol. The first kappa shape index (κ1) is 16.0. The number of ether oxygens (including phenoxy) is 1. The summed E-state index contributed by atoms with van der Waals surface area (Å²) in [5.74, 6) is -0.579. The van der Waals surface area contributed by atoms with Crippen LogP contribution in [0.1, 0.15) is 5.56 Å². The summed E-state index contributed by atoms with van der Waals surface area (Å²) in [6.45, 7) is 0.00654. The van der Waals surface area contributed by atoms with Crippen LogP contribution in [0.3, 0.4) is 0 Å². The average molecular weight is 395 g/mol. The van der Waals surface area contributed by atoms with Gasteiger partial charge in [0.15, 0.2) is 0 Å². The summed E-state index contributed by atoms with van der Waals surface area (Å²) in [7, 11) is 0. The van der Waals surface area contributed by atoms with Gasteiger partial charge in [-0.15, -0.1) is 0 Å². The van der Waals surface area contributed by atoms with E-state index in [0.29, 0.717) is 25.8 Å². The average Bonchev–Trinajstić information content (AvgIpc) is 2.41. The molecule has 0 saturated carbocycles. The van der Waals surface area contributed by atoms with E-state index in [0.717, 1.165) is 12.1 Å². The third-order valence-corrected chi connectivity index (χ3v) is 4.07. The Morgan fingerprint density at radius 3 is 2.57 bits per heavy atom. The van der Waals surface area contributed by atoms with E-state index in [1.807, 2.05) is 0 Å². The first-order valence-corrected chi connectivity index (χ1v) is 7.13. The van der Waals surface area contributed by atoms with Crippen LogP contribution in [0.2, 0.25) is 10.0 Å². The van der Waals surface area contributed by atoms with Gasteiger partial charge in [-0.05, 0) is 39.7 Å². The fourth-order valence-electron chi connectivity index (χ4n) is 1.56. The molecule has 0 unspecified atom stereocenters. The lowest BCUT2D eigenvalue weighted by atomic mass is 10.2. The standard InChI is InChI=1S/C13H7BrCl2FNO3/c14-8-4-10(16)13(5-9(8)15)21-6-7-1-2-12(18(19)20)11(17)3-7/h1-5H,6H2. The van der Waals surface area contributed by atoms with Gasteiger partial charge in [-0.25, -0.2) is 0 Å². The van der Waals surface area contributed by atoms with E-state index >= 15 is 0 Å². The van der Waals surface area contributed by atoms with Crippen LogP contribution < -0.4 is 4.74 Å². The van der Waals surface area contributed by atoms with E-state index in [2.05, 4.69) is 15.9 Å². The zero-order valence-electron chi connectivity index (χ0n) is 10.3. The number of halogens is 4. The fraction of sp³-hybridized carbons (Fsp3) is 0.0769. The summed E-state index contributed by atoms with van der Waals surface area (Å²) in [4.78, 5) is 9.74. The Balaban J connectivity index is 2.15. The van der Waals surface area contributed by atoms with Gasteiger partial charge in [0, 0.05) is 16.6 Å². The van der Waals surface area contributed by atoms with Crippen LogP contribution in [0.4, 0.5) is 10.1 Å². The predicted octanol–water partition coefficient (Wildman–Crippen LogP) is 5.38. The normalized spacial score (nSPS) is 10.5. The Morgan fingerprint density at radius 2 is 1.95 bits per heavy atom. The van der Waals surface area contributed by atoms with E-state index < -0.39 is 16.4 Å². The molecule has 0 aliphatic rings. The second-order valence-corrected chi connectivity index (χ2v) is 5.70. The van der Waals surface area contributed by atoms with Crippen molar-refractivity contribution in [3.8, 4) is 5.75 Å². The lowest BCUT2D eigenvalue weighted by Crippen LogP contribution is -1.99. The molecule has 0 aromatic heterocycles. The fourth-order valence-corrected chi connectivity index (χ4v) is 2.41. The van der Waals surface area contributed by atoms with Crippen molar-refractivity contribution >= 4 is 44.8 Å². The third kappa shape index (κ3) is 3.84. The molecule has 110 valence electrons. The van der Waals surface area contributed by atoms with Gasteiger partial charge in [0.2, 0.25) is 5.82 Å². The molecular weight excluding hydrogens is 388 g/mol. The highest BCUT2D eigenvalue weighted by Gasteiger charge is 2.14. The molecule has 0 aliphatic carbocycles. The van der Waals surface area contributed by atoms with Gasteiger partial charge in [0.25, 0.3) is 0 Å². The minimum atomic E-state index is -0.916. The highest BCUT2D eigenvalue weighted by Crippen LogP contribution is 2.34. The number of nitrogens with zero attached hydrogens (tertiary/aromatic N) is 1. The van der Waals surface area contributed by atoms with Crippen molar-refractivity contribution < 1.29 is 14.1 Å². The molecule has 0 atom stereocenters. The van der Waals surface area contributed by atoms with Crippen LogP contribution >= 0.6 is 39.1 Å². The van der Waals surface area contributed by atoms with E-state index in [1.165, 1.54) is 12.1 Å². The number of nitro benzene ring substituents is 1. The van der Waals surface area contributed by atoms with Crippen LogP contribution in [0.5, 0.6) is 5.75 Å². The maximum atomic E-state index is 13.5. The summed E-state index contributed by atoms with van der Waals surface area (Å²) in [5, 5.41) is 11.3. The molecule has 21 heavy (non-hydrogen) atoms. The highest BCUT2D eigenvalue weighted by molar-refractivity contribution is 9.10. The monoisotopic (exact) mass is 393 g/mol. The first-order chi connectivity index (χ1) is 9.88. The van der Waals surface area contributed by atoms with Gasteiger partial charge in [-0.2, -0.15) is 4.39 Å². The van der Waals surface area contributed by atoms with E-state index in [9.17, 15) is 14.5 Å². The van der Waals surface area contributed by atoms with Gasteiger partial charge in [-0.3, -0.25) is 10.1 Å². The number of nitro groups is 1. The van der Waals surface area contributed by atoms with Crippen LogP contribution in [0, 0.1) is 15.9 Å². The Hall–Kier alpha value is -1.37. The van der Waals surface area contributed by atoms with Crippen molar-refractivity contribution in [2.45, 2.75) is 6.61 Å². The quantitative estimate of drug-likeness (QED) is 0.397. The smallest absolute Gasteiger partial charge is 0.304 e. The first-order valence-electron chi connectivity index (χ1n) is 5.58. The minimum Gasteiger partial charge on any atom is -0.487 e. The molecule has 0 N–H and O–H groups in total. The molecule has 4 nitrogen and oxygen atoms in total. The molecule has 0 heterocycles. The van der Waals surface area contributed by atoms with Crippen molar-refractivity contribution in [1.29, 1.82) is 0 Å². The van der Waals surface area contributed by atoms with Gasteiger partial charge in [0.05, 0.1) is 15.0 Å². The zero-order valence-corrected chi connectivity index (χ0v) is 13.4. The lowest BCUT2D eigenvalue weighted by Gasteiger charge is -2.09. The highest BCUT2D eigenvalue weighted by atomic mass is 79.9. The summed E-state index contributed by atoms with van der Waals surface area (Å²) >= 11 is 15.1. The van der Waals surface area contributed by atoms with E-state index in [-0.39, 0.29) is 6.61 Å². The van der Waals surface area contributed by atoms with Crippen molar-refractivity contribution in [2.75, 3.05) is 0 Å². The molecule has 0 amide bonds. The third-order valence-electron chi connectivity index (χ3n) is 2.58. The second-order valence-electron chi connectivity index (χ2n) is 4.03. The van der Waals surface area contributed by atoms with Crippen molar-refractivity contribution in [2.24, 2.45) is 0 Å². The van der Waals surface area contributed by atoms with Crippen LogP contribution in [0.15, 0.2) is 34.8 Å². The molecule has 8 heteroatoms. The summed E-state index contributed by atoms with van der Waals surface area (Å²) in [6.07, 6.45) is 0. The minimum absolute atomic E-state index is 0.00654. The van der Waals surface area contributed by atoms with Crippen LogP contribution in [-0.2, 0) is 6.61 Å². The van der Waals surface area contributed by atoms with Gasteiger partial charge < -0.3 is 4.74 Å². The molecule has 0 aliphatic heterocycles. The van der Waals surface area contributed by atoms with Crippen LogP contribution in [0.25, 0.3) is 0 Å². The zero-order chi connectivity index (χ0) is 15.6. The number of rotatable bonds is 4. The Labute approximate surface area is 137 Å². The molecule has 0 bridgehead atoms. The van der Waals surface area contributed by atoms with E-state index in [1.54, 1.807) is 6.07 Å². The maximum absolute atomic E-state index is 13.5. The Bertz CT molecular complexity index is 712. The maximum Gasteiger partial charge on any atom is 0.304 e. The van der Waals surface area contributed by atoms with E-state index in [4.69, 9.17) is 27.9 Å². The van der Waals surface area contributed by atoms with Crippen LogP contribution in [-0.4, -0.2) is 4.92 Å². The Morgan fingerprint density at radius 1 is 1.24 bits per heavy atom. The molecule has 0 fully saturated rings. The largest absolute Gasteiger partial charge is 0.487 e. The lowest BCUT2D eigenvalue weighted by molar-refractivity contribution is -0.387. The number of benzene rings is 2. The summed E-state index contributed by atoms with van der Waals surface area (Å²) < 4.78 is 19.5. The molecular formula is C13H7BrCl2FNO3. The van der Waals surface area contributed by atoms with Crippen molar-refractivity contribution in [3.05, 3.63) is 66.3 Å².